The summed E-state index contributed by atoms with van der Waals surface area (Å²) in [7, 11) is 9.81. The minimum atomic E-state index is -1.98. The van der Waals surface area contributed by atoms with Gasteiger partial charge in [0, 0.05) is 5.57 Å². The van der Waals surface area contributed by atoms with Crippen LogP contribution in [0.4, 0.5) is 0 Å². The van der Waals surface area contributed by atoms with E-state index in [0.29, 0.717) is 35.5 Å². The molecular formula is C52H78Cl2OSiZr. The number of hydrogen-bond acceptors (Lipinski definition) is 1. The molecule has 0 spiro atoms. The molecule has 2 saturated carbocycles. The Hall–Kier alpha value is -1.12. The maximum atomic E-state index is 6.49. The first-order valence-electron chi connectivity index (χ1n) is 21.3. The third-order valence-electron chi connectivity index (χ3n) is 13.9. The molecule has 2 fully saturated rings. The van der Waals surface area contributed by atoms with Gasteiger partial charge in [0.2, 0.25) is 0 Å². The number of fused-ring (bicyclic) bond motifs is 2. The molecule has 0 heterocycles. The first kappa shape index (κ1) is 50.2. The van der Waals surface area contributed by atoms with Crippen LogP contribution >= 0.6 is 17.0 Å². The van der Waals surface area contributed by atoms with Gasteiger partial charge in [0.05, 0.1) is 15.2 Å². The van der Waals surface area contributed by atoms with Gasteiger partial charge in [-0.3, -0.25) is 0 Å². The van der Waals surface area contributed by atoms with Crippen LogP contribution in [0.15, 0.2) is 95.3 Å². The Kier molecular flexibility index (Phi) is 17.8. The van der Waals surface area contributed by atoms with E-state index in [9.17, 15) is 0 Å². The van der Waals surface area contributed by atoms with E-state index in [1.54, 1.807) is 16.7 Å². The predicted molar refractivity (Wildman–Crippen MR) is 253 cm³/mol. The molecule has 0 bridgehead atoms. The van der Waals surface area contributed by atoms with Crippen molar-refractivity contribution in [1.82, 2.24) is 0 Å². The minimum absolute atomic E-state index is 0. The monoisotopic (exact) mass is 906 g/mol. The van der Waals surface area contributed by atoms with Gasteiger partial charge < -0.3 is 19.6 Å². The van der Waals surface area contributed by atoms with Gasteiger partial charge in [-0.15, -0.1) is 0 Å². The van der Waals surface area contributed by atoms with Crippen molar-refractivity contribution >= 4 is 36.2 Å². The summed E-state index contributed by atoms with van der Waals surface area (Å²) >= 11 is -0.826. The molecule has 0 saturated heterocycles. The van der Waals surface area contributed by atoms with Crippen LogP contribution in [0.2, 0.25) is 24.2 Å². The Labute approximate surface area is 371 Å². The van der Waals surface area contributed by atoms with Gasteiger partial charge in [-0.1, -0.05) is 155 Å². The van der Waals surface area contributed by atoms with E-state index in [2.05, 4.69) is 162 Å². The first-order valence-corrected chi connectivity index (χ1v) is 30.8. The van der Waals surface area contributed by atoms with Crippen LogP contribution in [0.1, 0.15) is 113 Å². The van der Waals surface area contributed by atoms with Gasteiger partial charge in [-0.2, -0.15) is 0 Å². The predicted octanol–water partition coefficient (Wildman–Crippen LogP) is 16.8. The molecule has 6 rings (SSSR count). The summed E-state index contributed by atoms with van der Waals surface area (Å²) < 4.78 is 6.49. The summed E-state index contributed by atoms with van der Waals surface area (Å²) in [5, 5.41) is 0. The second-order valence-electron chi connectivity index (χ2n) is 20.9. The Balaban J connectivity index is 0.00000169. The van der Waals surface area contributed by atoms with Crippen molar-refractivity contribution < 1.29 is 25.6 Å². The second kappa shape index (κ2) is 20.2. The fraction of sp³-hybridized carbons (Fsp3) is 0.577. The molecule has 0 N–H and O–H groups in total. The Morgan fingerprint density at radius 3 is 1.40 bits per heavy atom. The standard InChI is InChI=1S/C50H72OSi.2CH3.2ClH.Zr/c1-31(2)25-36-27-38-40(29-42(49(6,7)8)33(5)44(38)34-21-17-15-18-22-34)47(36)52(13,14)48-37(26-32(3)4)28-39-41(48)30-43(50(9,10)11)46(51-12)45(39)35-23-19-16-20-24-35;;;;;/h15-24,29-32,36-41,47-48H,25-28H2,1-14H3;2*1H3;2*1H;/q;2*-1;;;+4/p-2. The molecule has 57 heavy (non-hydrogen) atoms. The van der Waals surface area contributed by atoms with Gasteiger partial charge in [0.15, 0.2) is 0 Å². The zero-order chi connectivity index (χ0) is 40.6. The van der Waals surface area contributed by atoms with Crippen molar-refractivity contribution in [3.8, 4) is 0 Å². The second-order valence-corrected chi connectivity index (χ2v) is 29.6. The Morgan fingerprint density at radius 1 is 0.667 bits per heavy atom. The van der Waals surface area contributed by atoms with Crippen LogP contribution < -0.4 is 0 Å². The molecule has 4 aliphatic rings. The van der Waals surface area contributed by atoms with Crippen molar-refractivity contribution in [2.24, 2.45) is 58.2 Å². The summed E-state index contributed by atoms with van der Waals surface area (Å²) in [6.45, 7) is 32.7. The molecule has 0 aromatic heterocycles. The average Bonchev–Trinajstić information content (AvgIpc) is 3.64. The normalized spacial score (nSPS) is 27.3. The van der Waals surface area contributed by atoms with Crippen LogP contribution in [-0.2, 0) is 25.6 Å². The third-order valence-corrected chi connectivity index (χ3v) is 19.1. The number of allylic oxidation sites excluding steroid dienone is 7. The van der Waals surface area contributed by atoms with E-state index in [1.807, 2.05) is 7.11 Å². The van der Waals surface area contributed by atoms with Crippen LogP contribution in [0.25, 0.3) is 11.1 Å². The average molecular weight is 909 g/mol. The van der Waals surface area contributed by atoms with Crippen LogP contribution in [0.3, 0.4) is 0 Å². The molecule has 314 valence electrons. The fourth-order valence-electron chi connectivity index (χ4n) is 12.5. The Morgan fingerprint density at radius 2 is 1.04 bits per heavy atom. The number of hydrogen-bond donors (Lipinski definition) is 0. The van der Waals surface area contributed by atoms with E-state index in [-0.39, 0.29) is 25.7 Å². The zero-order valence-corrected chi connectivity index (χ0v) is 43.7. The van der Waals surface area contributed by atoms with Gasteiger partial charge in [-0.05, 0) is 135 Å². The molecule has 2 aromatic rings. The van der Waals surface area contributed by atoms with Crippen molar-refractivity contribution in [3.63, 3.8) is 0 Å². The molecular weight excluding hydrogens is 831 g/mol. The van der Waals surface area contributed by atoms with Crippen molar-refractivity contribution in [2.75, 3.05) is 7.11 Å². The molecule has 2 aromatic carbocycles. The van der Waals surface area contributed by atoms with Crippen LogP contribution in [0, 0.1) is 73.0 Å². The van der Waals surface area contributed by atoms with Crippen LogP contribution in [-0.4, -0.2) is 15.2 Å². The van der Waals surface area contributed by atoms with E-state index in [0.717, 1.165) is 28.7 Å². The zero-order valence-electron chi connectivity index (χ0n) is 38.7. The summed E-state index contributed by atoms with van der Waals surface area (Å²) in [5.41, 5.74) is 12.1. The number of ether oxygens (including phenoxy) is 1. The summed E-state index contributed by atoms with van der Waals surface area (Å²) in [6, 6.07) is 22.9. The quantitative estimate of drug-likeness (QED) is 0.180. The van der Waals surface area contributed by atoms with E-state index in [1.165, 1.54) is 48.0 Å². The fourth-order valence-corrected chi connectivity index (χ4v) is 18.6. The van der Waals surface area contributed by atoms with E-state index in [4.69, 9.17) is 21.8 Å². The number of rotatable bonds is 9. The maximum absolute atomic E-state index is 6.49. The van der Waals surface area contributed by atoms with E-state index >= 15 is 0 Å². The number of halogens is 2. The van der Waals surface area contributed by atoms with Crippen molar-refractivity contribution in [3.05, 3.63) is 121 Å². The van der Waals surface area contributed by atoms with Crippen molar-refractivity contribution in [1.29, 1.82) is 0 Å². The molecule has 1 nitrogen and oxygen atoms in total. The molecule has 4 aliphatic carbocycles. The molecule has 8 atom stereocenters. The SMILES string of the molecule is COC1=C(c2ccccc2)C2CC(CC(C)C)C([Si](C)(C)C3C(CC(C)C)CC4C(c5ccccc5)=C(C)C(C(C)(C)C)=CC43)C2C=C1C(C)(C)C.[CH3-].[CH3-].[Cl][Zr+2][Cl]. The van der Waals surface area contributed by atoms with E-state index < -0.39 is 28.9 Å². The molecule has 5 heteroatoms. The summed E-state index contributed by atoms with van der Waals surface area (Å²) in [5.74, 6) is 6.28. The van der Waals surface area contributed by atoms with Gasteiger partial charge in [0.25, 0.3) is 0 Å². The topological polar surface area (TPSA) is 9.23 Å². The number of benzene rings is 2. The molecule has 0 amide bonds. The van der Waals surface area contributed by atoms with Gasteiger partial charge >= 0.3 is 37.9 Å². The van der Waals surface area contributed by atoms with Crippen LogP contribution in [0.5, 0.6) is 0 Å². The van der Waals surface area contributed by atoms with Gasteiger partial charge in [-0.25, -0.2) is 0 Å². The molecule has 8 unspecified atom stereocenters. The summed E-state index contributed by atoms with van der Waals surface area (Å²) in [6.07, 6.45) is 10.9. The van der Waals surface area contributed by atoms with Crippen molar-refractivity contribution in [2.45, 2.75) is 126 Å². The third kappa shape index (κ3) is 10.5. The summed E-state index contributed by atoms with van der Waals surface area (Å²) in [4.78, 5) is 0. The molecule has 0 aliphatic heterocycles. The van der Waals surface area contributed by atoms with Gasteiger partial charge in [0.1, 0.15) is 5.76 Å². The first-order chi connectivity index (χ1) is 25.8. The Bertz CT molecular complexity index is 1740. The molecule has 0 radical (unpaired) electrons. The number of methoxy groups -OCH3 is 1.